The number of benzene rings is 1. The Bertz CT molecular complexity index is 1180. The Labute approximate surface area is 223 Å². The number of phenols is 1. The molecule has 4 heteroatoms. The highest BCUT2D eigenvalue weighted by atomic mass is 16.5. The van der Waals surface area contributed by atoms with Crippen LogP contribution in [0.1, 0.15) is 108 Å². The van der Waals surface area contributed by atoms with Crippen LogP contribution in [0, 0.1) is 23.7 Å². The van der Waals surface area contributed by atoms with Crippen LogP contribution in [0.15, 0.2) is 35.5 Å². The van der Waals surface area contributed by atoms with Gasteiger partial charge in [0.05, 0.1) is 0 Å². The van der Waals surface area contributed by atoms with Crippen LogP contribution in [-0.4, -0.2) is 22.8 Å². The Balaban J connectivity index is 1.72. The first-order chi connectivity index (χ1) is 17.2. The SMILES string of the molecule is CC(C)=C/C=C/C1(C)CCc2c(O)c(C(=O)O[C@H]3C[C@H]4CC[C@]3(C)C4(C)C)c(C)c(CC=C(C)C)c2O1. The second-order valence-electron chi connectivity index (χ2n) is 13.1. The van der Waals surface area contributed by atoms with Gasteiger partial charge in [-0.3, -0.25) is 0 Å². The molecule has 3 aliphatic rings. The lowest BCUT2D eigenvalue weighted by molar-refractivity contribution is -0.0245. The second kappa shape index (κ2) is 9.67. The number of hydrogen-bond acceptors (Lipinski definition) is 4. The van der Waals surface area contributed by atoms with Crippen LogP contribution in [0.25, 0.3) is 0 Å². The predicted molar refractivity (Wildman–Crippen MR) is 150 cm³/mol. The van der Waals surface area contributed by atoms with Crippen molar-refractivity contribution in [1.82, 2.24) is 0 Å². The highest BCUT2D eigenvalue weighted by Gasteiger charge is 2.63. The first-order valence-corrected chi connectivity index (χ1v) is 13.9. The molecule has 1 aromatic carbocycles. The summed E-state index contributed by atoms with van der Waals surface area (Å²) >= 11 is 0. The minimum absolute atomic E-state index is 0.0290. The van der Waals surface area contributed by atoms with Gasteiger partial charge >= 0.3 is 5.97 Å². The van der Waals surface area contributed by atoms with E-state index in [0.717, 1.165) is 36.0 Å². The van der Waals surface area contributed by atoms with Crippen molar-refractivity contribution in [2.45, 2.75) is 113 Å². The number of aromatic hydroxyl groups is 1. The summed E-state index contributed by atoms with van der Waals surface area (Å²) in [4.78, 5) is 13.7. The van der Waals surface area contributed by atoms with Crippen molar-refractivity contribution in [3.63, 3.8) is 0 Å². The smallest absolute Gasteiger partial charge is 0.342 e. The Morgan fingerprint density at radius 1 is 1.11 bits per heavy atom. The first-order valence-electron chi connectivity index (χ1n) is 13.9. The number of phenolic OH excluding ortho intramolecular Hbond substituents is 1. The maximum absolute atomic E-state index is 13.7. The molecule has 2 bridgehead atoms. The molecule has 1 unspecified atom stereocenters. The monoisotopic (exact) mass is 506 g/mol. The van der Waals surface area contributed by atoms with Gasteiger partial charge in [0.1, 0.15) is 28.8 Å². The first kappa shape index (κ1) is 27.5. The van der Waals surface area contributed by atoms with Crippen molar-refractivity contribution in [1.29, 1.82) is 0 Å². The standard InChI is InChI=1S/C33H46O4/c1-20(2)11-10-16-32(8)17-15-25-28(34)27(22(5)24(29(25)37-32)13-12-21(3)4)30(35)36-26-19-23-14-18-33(26,9)31(23,6)7/h10-12,16,23,26,34H,13-15,17-19H2,1-9H3/b16-10+/t23-,26+,32?,33+/m1/s1. The number of hydrogen-bond donors (Lipinski definition) is 1. The summed E-state index contributed by atoms with van der Waals surface area (Å²) < 4.78 is 12.9. The van der Waals surface area contributed by atoms with Crippen LogP contribution in [0.4, 0.5) is 0 Å². The molecule has 4 rings (SSSR count). The van der Waals surface area contributed by atoms with Crippen LogP contribution >= 0.6 is 0 Å². The lowest BCUT2D eigenvalue weighted by atomic mass is 9.70. The summed E-state index contributed by atoms with van der Waals surface area (Å²) in [6, 6.07) is 0. The fourth-order valence-electron chi connectivity index (χ4n) is 6.81. The summed E-state index contributed by atoms with van der Waals surface area (Å²) in [5.74, 6) is 0.920. The van der Waals surface area contributed by atoms with E-state index in [-0.39, 0.29) is 22.7 Å². The second-order valence-corrected chi connectivity index (χ2v) is 13.1. The van der Waals surface area contributed by atoms with E-state index in [1.165, 1.54) is 17.6 Å². The van der Waals surface area contributed by atoms with Crippen molar-refractivity contribution in [2.24, 2.45) is 16.7 Å². The van der Waals surface area contributed by atoms with E-state index in [9.17, 15) is 9.90 Å². The molecule has 0 aromatic heterocycles. The predicted octanol–water partition coefficient (Wildman–Crippen LogP) is 8.19. The third-order valence-electron chi connectivity index (χ3n) is 9.87. The quantitative estimate of drug-likeness (QED) is 0.240. The van der Waals surface area contributed by atoms with Crippen LogP contribution in [0.3, 0.4) is 0 Å². The van der Waals surface area contributed by atoms with Crippen molar-refractivity contribution >= 4 is 5.97 Å². The van der Waals surface area contributed by atoms with Crippen molar-refractivity contribution in [3.8, 4) is 11.5 Å². The maximum Gasteiger partial charge on any atom is 0.342 e. The fraction of sp³-hybridized carbons (Fsp3) is 0.606. The number of carbonyl (C=O) groups excluding carboxylic acids is 1. The van der Waals surface area contributed by atoms with E-state index in [1.54, 1.807) is 0 Å². The largest absolute Gasteiger partial charge is 0.507 e. The zero-order valence-corrected chi connectivity index (χ0v) is 24.4. The molecule has 1 heterocycles. The number of ether oxygens (including phenoxy) is 2. The number of fused-ring (bicyclic) bond motifs is 3. The molecule has 0 spiro atoms. The van der Waals surface area contributed by atoms with E-state index in [2.05, 4.69) is 73.6 Å². The lowest BCUT2D eigenvalue weighted by Gasteiger charge is -2.39. The highest BCUT2D eigenvalue weighted by Crippen LogP contribution is 2.66. The summed E-state index contributed by atoms with van der Waals surface area (Å²) in [5.41, 5.74) is 4.81. The molecular weight excluding hydrogens is 460 g/mol. The normalized spacial score (nSPS) is 29.5. The van der Waals surface area contributed by atoms with Crippen LogP contribution in [0.2, 0.25) is 0 Å². The lowest BCUT2D eigenvalue weighted by Crippen LogP contribution is -2.38. The molecule has 1 N–H and O–H groups in total. The number of rotatable bonds is 6. The molecule has 4 atom stereocenters. The van der Waals surface area contributed by atoms with Gasteiger partial charge in [-0.2, -0.15) is 0 Å². The van der Waals surface area contributed by atoms with Gasteiger partial charge in [-0.15, -0.1) is 0 Å². The van der Waals surface area contributed by atoms with Crippen LogP contribution in [-0.2, 0) is 17.6 Å². The molecule has 37 heavy (non-hydrogen) atoms. The van der Waals surface area contributed by atoms with Gasteiger partial charge in [0, 0.05) is 16.5 Å². The van der Waals surface area contributed by atoms with Gasteiger partial charge in [-0.05, 0) is 103 Å². The molecule has 0 amide bonds. The average molecular weight is 507 g/mol. The Morgan fingerprint density at radius 3 is 2.38 bits per heavy atom. The summed E-state index contributed by atoms with van der Waals surface area (Å²) in [5, 5.41) is 11.5. The molecule has 1 aliphatic heterocycles. The third kappa shape index (κ3) is 4.77. The van der Waals surface area contributed by atoms with Crippen LogP contribution in [0.5, 0.6) is 11.5 Å². The molecule has 2 saturated carbocycles. The van der Waals surface area contributed by atoms with E-state index in [0.29, 0.717) is 30.1 Å². The Morgan fingerprint density at radius 2 is 1.81 bits per heavy atom. The van der Waals surface area contributed by atoms with E-state index in [1.807, 2.05) is 13.0 Å². The van der Waals surface area contributed by atoms with Gasteiger partial charge in [0.15, 0.2) is 0 Å². The van der Waals surface area contributed by atoms with Crippen molar-refractivity contribution in [3.05, 3.63) is 57.7 Å². The molecule has 4 nitrogen and oxygen atoms in total. The molecule has 0 saturated heterocycles. The molecule has 1 aromatic rings. The van der Waals surface area contributed by atoms with E-state index in [4.69, 9.17) is 9.47 Å². The topological polar surface area (TPSA) is 55.8 Å². The molecule has 202 valence electrons. The molecular formula is C33H46O4. The van der Waals surface area contributed by atoms with Crippen LogP contribution < -0.4 is 4.74 Å². The molecule has 0 radical (unpaired) electrons. The Kier molecular flexibility index (Phi) is 7.20. The van der Waals surface area contributed by atoms with Gasteiger partial charge in [0.25, 0.3) is 0 Å². The van der Waals surface area contributed by atoms with Gasteiger partial charge < -0.3 is 14.6 Å². The number of allylic oxidation sites excluding steroid dienone is 5. The van der Waals surface area contributed by atoms with Gasteiger partial charge in [0.2, 0.25) is 0 Å². The Hall–Kier alpha value is -2.49. The highest BCUT2D eigenvalue weighted by molar-refractivity contribution is 5.96. The van der Waals surface area contributed by atoms with Gasteiger partial charge in [-0.1, -0.05) is 50.1 Å². The minimum Gasteiger partial charge on any atom is -0.507 e. The summed E-state index contributed by atoms with van der Waals surface area (Å²) in [6.45, 7) is 19.2. The van der Waals surface area contributed by atoms with Crippen molar-refractivity contribution < 1.29 is 19.4 Å². The van der Waals surface area contributed by atoms with Crippen molar-refractivity contribution in [2.75, 3.05) is 0 Å². The van der Waals surface area contributed by atoms with Gasteiger partial charge in [-0.25, -0.2) is 4.79 Å². The number of esters is 1. The maximum atomic E-state index is 13.7. The average Bonchev–Trinajstić information content (AvgIpc) is 3.12. The minimum atomic E-state index is -0.483. The zero-order chi connectivity index (χ0) is 27.3. The fourth-order valence-corrected chi connectivity index (χ4v) is 6.81. The molecule has 2 aliphatic carbocycles. The summed E-state index contributed by atoms with van der Waals surface area (Å²) in [7, 11) is 0. The van der Waals surface area contributed by atoms with E-state index < -0.39 is 11.6 Å². The van der Waals surface area contributed by atoms with E-state index >= 15 is 0 Å². The zero-order valence-electron chi connectivity index (χ0n) is 24.4. The number of carbonyl (C=O) groups is 1. The third-order valence-corrected chi connectivity index (χ3v) is 9.87. The summed E-state index contributed by atoms with van der Waals surface area (Å²) in [6.07, 6.45) is 13.4. The molecule has 2 fully saturated rings.